The molecule has 160 valence electrons. The lowest BCUT2D eigenvalue weighted by molar-refractivity contribution is -0.116. The van der Waals surface area contributed by atoms with Crippen molar-refractivity contribution in [2.75, 3.05) is 17.2 Å². The summed E-state index contributed by atoms with van der Waals surface area (Å²) in [6, 6.07) is 13.2. The Morgan fingerprint density at radius 2 is 1.84 bits per heavy atom. The van der Waals surface area contributed by atoms with Gasteiger partial charge in [-0.15, -0.1) is 0 Å². The highest BCUT2D eigenvalue weighted by molar-refractivity contribution is 5.93. The summed E-state index contributed by atoms with van der Waals surface area (Å²) in [7, 11) is 0. The number of hydrogen-bond acceptors (Lipinski definition) is 6. The van der Waals surface area contributed by atoms with Crippen molar-refractivity contribution in [3.05, 3.63) is 82.0 Å². The molecule has 2 N–H and O–H groups in total. The average molecular weight is 424 g/mol. The molecule has 9 heteroatoms. The number of benzene rings is 2. The van der Waals surface area contributed by atoms with Gasteiger partial charge in [0.15, 0.2) is 0 Å². The van der Waals surface area contributed by atoms with Crippen LogP contribution in [-0.2, 0) is 16.1 Å². The van der Waals surface area contributed by atoms with Crippen LogP contribution in [-0.4, -0.2) is 28.0 Å². The number of nitrogens with zero attached hydrogens (tertiary/aromatic N) is 2. The molecule has 0 spiro atoms. The van der Waals surface area contributed by atoms with E-state index in [0.717, 1.165) is 4.57 Å². The highest BCUT2D eigenvalue weighted by Crippen LogP contribution is 2.16. The largest absolute Gasteiger partial charge is 0.462 e. The van der Waals surface area contributed by atoms with Crippen LogP contribution >= 0.6 is 0 Å². The Labute approximate surface area is 177 Å². The van der Waals surface area contributed by atoms with E-state index in [2.05, 4.69) is 15.6 Å². The molecule has 3 aromatic rings. The van der Waals surface area contributed by atoms with Crippen molar-refractivity contribution in [2.24, 2.45) is 0 Å². The van der Waals surface area contributed by atoms with Gasteiger partial charge in [0.2, 0.25) is 11.9 Å². The number of anilines is 3. The number of amides is 1. The number of rotatable bonds is 7. The van der Waals surface area contributed by atoms with Crippen molar-refractivity contribution in [3.8, 4) is 0 Å². The Balaban J connectivity index is 1.76. The monoisotopic (exact) mass is 424 g/mol. The van der Waals surface area contributed by atoms with E-state index < -0.39 is 23.3 Å². The predicted molar refractivity (Wildman–Crippen MR) is 114 cm³/mol. The van der Waals surface area contributed by atoms with E-state index in [4.69, 9.17) is 4.74 Å². The Hall–Kier alpha value is -4.01. The molecule has 8 nitrogen and oxygen atoms in total. The third kappa shape index (κ3) is 5.75. The second-order valence-electron chi connectivity index (χ2n) is 6.63. The number of esters is 1. The molecule has 0 aliphatic heterocycles. The first kappa shape index (κ1) is 21.7. The lowest BCUT2D eigenvalue weighted by atomic mass is 10.2. The smallest absolute Gasteiger partial charge is 0.338 e. The summed E-state index contributed by atoms with van der Waals surface area (Å²) < 4.78 is 19.6. The van der Waals surface area contributed by atoms with Gasteiger partial charge >= 0.3 is 5.97 Å². The van der Waals surface area contributed by atoms with Crippen LogP contribution in [0.4, 0.5) is 21.7 Å². The third-order valence-corrected chi connectivity index (χ3v) is 4.20. The van der Waals surface area contributed by atoms with Gasteiger partial charge in [-0.1, -0.05) is 6.07 Å². The number of hydrogen-bond donors (Lipinski definition) is 2. The van der Waals surface area contributed by atoms with Crippen LogP contribution in [0.15, 0.2) is 59.4 Å². The van der Waals surface area contributed by atoms with Crippen LogP contribution < -0.4 is 16.2 Å². The first-order valence-electron chi connectivity index (χ1n) is 9.54. The first-order chi connectivity index (χ1) is 14.9. The Bertz CT molecular complexity index is 1160. The van der Waals surface area contributed by atoms with Gasteiger partial charge in [-0.2, -0.15) is 0 Å². The van der Waals surface area contributed by atoms with Crippen LogP contribution in [0, 0.1) is 12.7 Å². The fourth-order valence-electron chi connectivity index (χ4n) is 2.81. The first-order valence-corrected chi connectivity index (χ1v) is 9.54. The van der Waals surface area contributed by atoms with Gasteiger partial charge in [-0.25, -0.2) is 14.2 Å². The molecule has 1 aromatic heterocycles. The zero-order chi connectivity index (χ0) is 22.4. The van der Waals surface area contributed by atoms with E-state index >= 15 is 0 Å². The van der Waals surface area contributed by atoms with Crippen molar-refractivity contribution in [2.45, 2.75) is 20.4 Å². The number of carbonyl (C=O) groups excluding carboxylic acids is 2. The van der Waals surface area contributed by atoms with Gasteiger partial charge in [0.05, 0.1) is 12.2 Å². The minimum atomic E-state index is -0.473. The Morgan fingerprint density at radius 1 is 1.10 bits per heavy atom. The second-order valence-corrected chi connectivity index (χ2v) is 6.63. The Morgan fingerprint density at radius 3 is 2.52 bits per heavy atom. The number of carbonyl (C=O) groups is 2. The highest BCUT2D eigenvalue weighted by atomic mass is 19.1. The van der Waals surface area contributed by atoms with Gasteiger partial charge < -0.3 is 15.4 Å². The molecule has 0 radical (unpaired) electrons. The molecule has 0 saturated heterocycles. The minimum Gasteiger partial charge on any atom is -0.462 e. The quantitative estimate of drug-likeness (QED) is 0.565. The molecular formula is C22H21FN4O4. The maximum atomic E-state index is 13.5. The highest BCUT2D eigenvalue weighted by Gasteiger charge is 2.13. The van der Waals surface area contributed by atoms with Gasteiger partial charge in [-0.05, 0) is 56.3 Å². The summed E-state index contributed by atoms with van der Waals surface area (Å²) in [4.78, 5) is 41.0. The topological polar surface area (TPSA) is 102 Å². The van der Waals surface area contributed by atoms with Crippen molar-refractivity contribution in [1.82, 2.24) is 9.55 Å². The Kier molecular flexibility index (Phi) is 6.76. The van der Waals surface area contributed by atoms with Crippen LogP contribution in [0.2, 0.25) is 0 Å². The lowest BCUT2D eigenvalue weighted by Crippen LogP contribution is -2.30. The van der Waals surface area contributed by atoms with Gasteiger partial charge in [0, 0.05) is 23.1 Å². The molecule has 1 heterocycles. The van der Waals surface area contributed by atoms with E-state index in [1.807, 2.05) is 0 Å². The van der Waals surface area contributed by atoms with Crippen LogP contribution in [0.3, 0.4) is 0 Å². The molecule has 0 unspecified atom stereocenters. The fraction of sp³-hybridized carbons (Fsp3) is 0.182. The summed E-state index contributed by atoms with van der Waals surface area (Å²) in [5.74, 6) is -1.26. The van der Waals surface area contributed by atoms with E-state index in [9.17, 15) is 18.8 Å². The SMILES string of the molecule is CCOC(=O)c1ccc(NC(=O)Cn2c(Nc3cccc(F)c3)nc(C)cc2=O)cc1. The molecule has 0 aliphatic carbocycles. The van der Waals surface area contributed by atoms with Crippen molar-refractivity contribution in [3.63, 3.8) is 0 Å². The molecule has 2 aromatic carbocycles. The van der Waals surface area contributed by atoms with Crippen molar-refractivity contribution in [1.29, 1.82) is 0 Å². The van der Waals surface area contributed by atoms with Crippen LogP contribution in [0.25, 0.3) is 0 Å². The summed E-state index contributed by atoms with van der Waals surface area (Å²) in [5, 5.41) is 5.54. The number of nitrogens with one attached hydrogen (secondary N) is 2. The number of halogens is 1. The van der Waals surface area contributed by atoms with E-state index in [1.165, 1.54) is 36.4 Å². The van der Waals surface area contributed by atoms with Crippen LogP contribution in [0.5, 0.6) is 0 Å². The molecular weight excluding hydrogens is 403 g/mol. The van der Waals surface area contributed by atoms with Gasteiger partial charge in [-0.3, -0.25) is 14.2 Å². The molecule has 0 bridgehead atoms. The summed E-state index contributed by atoms with van der Waals surface area (Å²) in [5.41, 5.74) is 1.22. The molecule has 0 atom stereocenters. The van der Waals surface area contributed by atoms with Crippen molar-refractivity contribution >= 4 is 29.2 Å². The average Bonchev–Trinajstić information content (AvgIpc) is 2.71. The van der Waals surface area contributed by atoms with Crippen molar-refractivity contribution < 1.29 is 18.7 Å². The number of aryl methyl sites for hydroxylation is 1. The molecule has 3 rings (SSSR count). The maximum Gasteiger partial charge on any atom is 0.338 e. The summed E-state index contributed by atoms with van der Waals surface area (Å²) in [6.07, 6.45) is 0. The van der Waals surface area contributed by atoms with E-state index in [1.54, 1.807) is 32.0 Å². The third-order valence-electron chi connectivity index (χ3n) is 4.20. The number of ether oxygens (including phenoxy) is 1. The van der Waals surface area contributed by atoms with E-state index in [0.29, 0.717) is 22.6 Å². The number of aromatic nitrogens is 2. The molecule has 0 aliphatic rings. The molecule has 0 fully saturated rings. The predicted octanol–water partition coefficient (Wildman–Crippen LogP) is 3.25. The summed E-state index contributed by atoms with van der Waals surface area (Å²) >= 11 is 0. The lowest BCUT2D eigenvalue weighted by Gasteiger charge is -2.14. The fourth-order valence-corrected chi connectivity index (χ4v) is 2.81. The zero-order valence-electron chi connectivity index (χ0n) is 17.0. The second kappa shape index (κ2) is 9.66. The normalized spacial score (nSPS) is 10.4. The summed E-state index contributed by atoms with van der Waals surface area (Å²) in [6.45, 7) is 3.31. The van der Waals surface area contributed by atoms with Gasteiger partial charge in [0.25, 0.3) is 5.56 Å². The zero-order valence-corrected chi connectivity index (χ0v) is 17.0. The minimum absolute atomic E-state index is 0.114. The van der Waals surface area contributed by atoms with E-state index in [-0.39, 0.29) is 19.1 Å². The van der Waals surface area contributed by atoms with Gasteiger partial charge in [0.1, 0.15) is 12.4 Å². The molecule has 31 heavy (non-hydrogen) atoms. The standard InChI is InChI=1S/C22H21FN4O4/c1-3-31-21(30)15-7-9-17(10-8-15)25-19(28)13-27-20(29)11-14(2)24-22(27)26-18-6-4-5-16(23)12-18/h4-12H,3,13H2,1-2H3,(H,24,26)(H,25,28). The van der Waals surface area contributed by atoms with Crippen LogP contribution in [0.1, 0.15) is 23.0 Å². The molecule has 1 amide bonds. The molecule has 0 saturated carbocycles. The maximum absolute atomic E-state index is 13.5.